The Hall–Kier alpha value is -1.68. The third-order valence-electron chi connectivity index (χ3n) is 3.62. The number of hydrogen-bond donors (Lipinski definition) is 1. The molecule has 2 rings (SSSR count). The number of hydrogen-bond acceptors (Lipinski definition) is 3. The molecule has 0 amide bonds. The molecule has 0 aliphatic heterocycles. The molecule has 1 N–H and O–H groups in total. The van der Waals surface area contributed by atoms with Gasteiger partial charge in [-0.15, -0.1) is 0 Å². The van der Waals surface area contributed by atoms with Gasteiger partial charge in [0.05, 0.1) is 5.60 Å². The fourth-order valence-electron chi connectivity index (χ4n) is 2.33. The summed E-state index contributed by atoms with van der Waals surface area (Å²) < 4.78 is 1.87. The lowest BCUT2D eigenvalue weighted by Crippen LogP contribution is -2.26. The lowest BCUT2D eigenvalue weighted by Gasteiger charge is -2.23. The summed E-state index contributed by atoms with van der Waals surface area (Å²) >= 11 is 0. The summed E-state index contributed by atoms with van der Waals surface area (Å²) in [7, 11) is 0. The molecule has 0 fully saturated rings. The molecule has 1 heterocycles. The Kier molecular flexibility index (Phi) is 4.55. The summed E-state index contributed by atoms with van der Waals surface area (Å²) in [4.78, 5) is 4.27. The van der Waals surface area contributed by atoms with Crippen LogP contribution >= 0.6 is 0 Å². The fraction of sp³-hybridized carbons (Fsp3) is 0.500. The average molecular weight is 273 g/mol. The van der Waals surface area contributed by atoms with Crippen molar-refractivity contribution in [3.05, 3.63) is 47.5 Å². The highest BCUT2D eigenvalue weighted by molar-refractivity contribution is 5.27. The first-order valence-electron chi connectivity index (χ1n) is 7.25. The predicted octanol–water partition coefficient (Wildman–Crippen LogP) is 2.70. The summed E-state index contributed by atoms with van der Waals surface area (Å²) in [6, 6.07) is 8.14. The molecule has 4 heteroatoms. The highest BCUT2D eigenvalue weighted by Gasteiger charge is 2.26. The maximum Gasteiger partial charge on any atom is 0.138 e. The van der Waals surface area contributed by atoms with Crippen LogP contribution in [0.15, 0.2) is 30.6 Å². The summed E-state index contributed by atoms with van der Waals surface area (Å²) in [5, 5.41) is 14.9. The van der Waals surface area contributed by atoms with Crippen molar-refractivity contribution in [3.8, 4) is 0 Å². The van der Waals surface area contributed by atoms with Crippen molar-refractivity contribution < 1.29 is 5.11 Å². The molecule has 108 valence electrons. The Morgan fingerprint density at radius 1 is 1.20 bits per heavy atom. The van der Waals surface area contributed by atoms with E-state index in [2.05, 4.69) is 36.1 Å². The second-order valence-electron chi connectivity index (χ2n) is 5.40. The molecule has 0 aliphatic rings. The van der Waals surface area contributed by atoms with Gasteiger partial charge in [-0.05, 0) is 30.9 Å². The zero-order chi connectivity index (χ0) is 14.6. The van der Waals surface area contributed by atoms with E-state index in [1.54, 1.807) is 6.33 Å². The molecule has 0 saturated carbocycles. The van der Waals surface area contributed by atoms with Gasteiger partial charge in [-0.1, -0.05) is 38.1 Å². The number of aryl methyl sites for hydroxylation is 2. The van der Waals surface area contributed by atoms with E-state index in [0.717, 1.165) is 30.8 Å². The summed E-state index contributed by atoms with van der Waals surface area (Å²) in [6.07, 6.45) is 4.04. The zero-order valence-electron chi connectivity index (χ0n) is 12.5. The number of nitrogens with zero attached hydrogens (tertiary/aromatic N) is 3. The number of rotatable bonds is 6. The fourth-order valence-corrected chi connectivity index (χ4v) is 2.33. The van der Waals surface area contributed by atoms with E-state index in [0.29, 0.717) is 6.42 Å². The van der Waals surface area contributed by atoms with Crippen LogP contribution < -0.4 is 0 Å². The van der Waals surface area contributed by atoms with Crippen molar-refractivity contribution in [2.75, 3.05) is 0 Å². The van der Waals surface area contributed by atoms with E-state index in [-0.39, 0.29) is 0 Å². The van der Waals surface area contributed by atoms with Crippen LogP contribution in [0.2, 0.25) is 0 Å². The largest absolute Gasteiger partial charge is 0.385 e. The first-order chi connectivity index (χ1) is 9.56. The zero-order valence-corrected chi connectivity index (χ0v) is 12.5. The monoisotopic (exact) mass is 273 g/mol. The third-order valence-corrected chi connectivity index (χ3v) is 3.62. The van der Waals surface area contributed by atoms with E-state index in [1.165, 1.54) is 5.56 Å². The molecule has 0 bridgehead atoms. The normalized spacial score (nSPS) is 14.2. The maximum atomic E-state index is 10.7. The van der Waals surface area contributed by atoms with Gasteiger partial charge in [0.15, 0.2) is 0 Å². The molecule has 1 unspecified atom stereocenters. The van der Waals surface area contributed by atoms with Gasteiger partial charge in [-0.3, -0.25) is 0 Å². The van der Waals surface area contributed by atoms with Gasteiger partial charge < -0.3 is 5.11 Å². The van der Waals surface area contributed by atoms with Crippen molar-refractivity contribution in [1.29, 1.82) is 0 Å². The van der Waals surface area contributed by atoms with Gasteiger partial charge >= 0.3 is 0 Å². The van der Waals surface area contributed by atoms with Crippen molar-refractivity contribution in [2.24, 2.45) is 0 Å². The molecule has 2 aromatic rings. The molecule has 0 spiro atoms. The van der Waals surface area contributed by atoms with E-state index >= 15 is 0 Å². The first-order valence-corrected chi connectivity index (χ1v) is 7.25. The van der Waals surface area contributed by atoms with E-state index in [1.807, 2.05) is 23.7 Å². The van der Waals surface area contributed by atoms with E-state index in [4.69, 9.17) is 0 Å². The molecule has 1 aromatic heterocycles. The van der Waals surface area contributed by atoms with Gasteiger partial charge in [-0.25, -0.2) is 9.67 Å². The van der Waals surface area contributed by atoms with Gasteiger partial charge in [0, 0.05) is 13.0 Å². The smallest absolute Gasteiger partial charge is 0.138 e. The molecule has 1 atom stereocenters. The minimum Gasteiger partial charge on any atom is -0.385 e. The van der Waals surface area contributed by atoms with Gasteiger partial charge in [0.1, 0.15) is 12.2 Å². The Morgan fingerprint density at radius 3 is 2.50 bits per heavy atom. The third kappa shape index (κ3) is 3.25. The molecular weight excluding hydrogens is 250 g/mol. The molecule has 20 heavy (non-hydrogen) atoms. The Morgan fingerprint density at radius 2 is 1.90 bits per heavy atom. The lowest BCUT2D eigenvalue weighted by atomic mass is 9.91. The summed E-state index contributed by atoms with van der Waals surface area (Å²) in [5.41, 5.74) is 1.27. The topological polar surface area (TPSA) is 50.9 Å². The average Bonchev–Trinajstić information content (AvgIpc) is 2.86. The summed E-state index contributed by atoms with van der Waals surface area (Å²) in [5.74, 6) is 0.830. The van der Waals surface area contributed by atoms with Crippen molar-refractivity contribution >= 4 is 0 Å². The predicted molar refractivity (Wildman–Crippen MR) is 79.4 cm³/mol. The van der Waals surface area contributed by atoms with Crippen LogP contribution in [0.1, 0.15) is 44.1 Å². The summed E-state index contributed by atoms with van der Waals surface area (Å²) in [6.45, 7) is 6.90. The highest BCUT2D eigenvalue weighted by Crippen LogP contribution is 2.25. The Bertz CT molecular complexity index is 543. The molecule has 0 aliphatic carbocycles. The van der Waals surface area contributed by atoms with Gasteiger partial charge in [0.25, 0.3) is 0 Å². The molecule has 0 radical (unpaired) electrons. The van der Waals surface area contributed by atoms with Gasteiger partial charge in [-0.2, -0.15) is 5.10 Å². The molecule has 0 saturated heterocycles. The van der Waals surface area contributed by atoms with Crippen LogP contribution in [0.25, 0.3) is 0 Å². The molecular formula is C16H23N3O. The SMILES string of the molecule is CCCn1ncnc1CC(C)(O)c1ccc(CC)cc1. The standard InChI is InChI=1S/C16H23N3O/c1-4-10-19-15(17-12-18-19)11-16(3,20)14-8-6-13(5-2)7-9-14/h6-9,12,20H,4-5,10-11H2,1-3H3. The van der Waals surface area contributed by atoms with Crippen molar-refractivity contribution in [1.82, 2.24) is 14.8 Å². The van der Waals surface area contributed by atoms with Crippen LogP contribution in [0.3, 0.4) is 0 Å². The van der Waals surface area contributed by atoms with Crippen LogP contribution in [0, 0.1) is 0 Å². The van der Waals surface area contributed by atoms with Crippen LogP contribution in [-0.4, -0.2) is 19.9 Å². The minimum absolute atomic E-state index is 0.471. The number of aromatic nitrogens is 3. The molecule has 4 nitrogen and oxygen atoms in total. The highest BCUT2D eigenvalue weighted by atomic mass is 16.3. The Labute approximate surface area is 120 Å². The lowest BCUT2D eigenvalue weighted by molar-refractivity contribution is 0.0542. The van der Waals surface area contributed by atoms with Crippen molar-refractivity contribution in [3.63, 3.8) is 0 Å². The quantitative estimate of drug-likeness (QED) is 0.880. The van der Waals surface area contributed by atoms with Crippen LogP contribution in [-0.2, 0) is 25.0 Å². The van der Waals surface area contributed by atoms with E-state index in [9.17, 15) is 5.11 Å². The van der Waals surface area contributed by atoms with Crippen LogP contribution in [0.5, 0.6) is 0 Å². The minimum atomic E-state index is -0.926. The number of benzene rings is 1. The van der Waals surface area contributed by atoms with Gasteiger partial charge in [0.2, 0.25) is 0 Å². The van der Waals surface area contributed by atoms with E-state index < -0.39 is 5.60 Å². The molecule has 1 aromatic carbocycles. The maximum absolute atomic E-state index is 10.7. The second-order valence-corrected chi connectivity index (χ2v) is 5.40. The number of aliphatic hydroxyl groups is 1. The first kappa shape index (κ1) is 14.7. The van der Waals surface area contributed by atoms with Crippen molar-refractivity contribution in [2.45, 2.75) is 52.2 Å². The second kappa shape index (κ2) is 6.18. The van der Waals surface area contributed by atoms with Crippen LogP contribution in [0.4, 0.5) is 0 Å². The Balaban J connectivity index is 2.18.